The fourth-order valence-corrected chi connectivity index (χ4v) is 2.72. The normalized spacial score (nSPS) is 11.1. The molecule has 0 saturated heterocycles. The molecule has 0 aliphatic rings. The molecule has 0 aliphatic carbocycles. The molecule has 0 aliphatic heterocycles. The zero-order valence-corrected chi connectivity index (χ0v) is 12.4. The summed E-state index contributed by atoms with van der Waals surface area (Å²) in [6.07, 6.45) is 0.682. The van der Waals surface area contributed by atoms with Crippen LogP contribution in [0.4, 0.5) is 11.4 Å². The average molecular weight is 321 g/mol. The molecule has 2 rings (SSSR count). The number of benzene rings is 2. The van der Waals surface area contributed by atoms with E-state index in [1.807, 2.05) is 30.3 Å². The molecule has 0 amide bonds. The van der Waals surface area contributed by atoms with E-state index in [0.717, 1.165) is 11.6 Å². The number of nitrogens with two attached hydrogens (primary N) is 1. The largest absolute Gasteiger partial charge is 0.384 e. The van der Waals surface area contributed by atoms with E-state index in [1.165, 1.54) is 12.1 Å². The van der Waals surface area contributed by atoms with Gasteiger partial charge in [-0.1, -0.05) is 30.3 Å². The number of rotatable bonds is 6. The van der Waals surface area contributed by atoms with Gasteiger partial charge < -0.3 is 5.32 Å². The maximum absolute atomic E-state index is 11.6. The first-order chi connectivity index (χ1) is 10.4. The predicted octanol–water partition coefficient (Wildman–Crippen LogP) is 1.90. The Bertz CT molecular complexity index is 776. The highest BCUT2D eigenvalue weighted by atomic mass is 32.2. The van der Waals surface area contributed by atoms with E-state index in [1.54, 1.807) is 0 Å². The summed E-state index contributed by atoms with van der Waals surface area (Å²) >= 11 is 0. The van der Waals surface area contributed by atoms with Crippen LogP contribution in [0.5, 0.6) is 0 Å². The summed E-state index contributed by atoms with van der Waals surface area (Å²) in [5, 5.41) is 18.8. The number of nitro benzene ring substituents is 1. The molecule has 0 fully saturated rings. The molecule has 0 atom stereocenters. The number of hydrogen-bond donors (Lipinski definition) is 2. The van der Waals surface area contributed by atoms with Gasteiger partial charge in [-0.3, -0.25) is 10.1 Å². The molecule has 0 radical (unpaired) electrons. The highest BCUT2D eigenvalue weighted by molar-refractivity contribution is 7.89. The molecule has 7 nitrogen and oxygen atoms in total. The Hall–Kier alpha value is -2.45. The predicted molar refractivity (Wildman–Crippen MR) is 83.1 cm³/mol. The highest BCUT2D eigenvalue weighted by Gasteiger charge is 2.18. The van der Waals surface area contributed by atoms with Gasteiger partial charge in [0.15, 0.2) is 0 Å². The first-order valence-corrected chi connectivity index (χ1v) is 8.01. The van der Waals surface area contributed by atoms with E-state index in [0.29, 0.717) is 13.0 Å². The molecular weight excluding hydrogens is 306 g/mol. The van der Waals surface area contributed by atoms with Crippen LogP contribution in [-0.2, 0) is 16.4 Å². The van der Waals surface area contributed by atoms with E-state index in [-0.39, 0.29) is 16.3 Å². The zero-order chi connectivity index (χ0) is 16.2. The fraction of sp³-hybridized carbons (Fsp3) is 0.143. The van der Waals surface area contributed by atoms with Gasteiger partial charge in [0.1, 0.15) is 4.90 Å². The molecule has 3 N–H and O–H groups in total. The van der Waals surface area contributed by atoms with Crippen LogP contribution in [0.1, 0.15) is 5.56 Å². The van der Waals surface area contributed by atoms with Crippen molar-refractivity contribution in [2.24, 2.45) is 5.14 Å². The van der Waals surface area contributed by atoms with Crippen LogP contribution in [0.25, 0.3) is 0 Å². The summed E-state index contributed by atoms with van der Waals surface area (Å²) in [6.45, 7) is 0.477. The summed E-state index contributed by atoms with van der Waals surface area (Å²) < 4.78 is 23.2. The Labute approximate surface area is 128 Å². The van der Waals surface area contributed by atoms with Gasteiger partial charge in [-0.2, -0.15) is 0 Å². The maximum Gasteiger partial charge on any atom is 0.270 e. The van der Waals surface area contributed by atoms with Gasteiger partial charge >= 0.3 is 0 Å². The summed E-state index contributed by atoms with van der Waals surface area (Å²) in [5.41, 5.74) is 1.02. The Morgan fingerprint density at radius 2 is 1.82 bits per heavy atom. The summed E-state index contributed by atoms with van der Waals surface area (Å²) in [6, 6.07) is 13.2. The zero-order valence-electron chi connectivity index (χ0n) is 11.6. The van der Waals surface area contributed by atoms with Crippen LogP contribution in [0.15, 0.2) is 53.4 Å². The topological polar surface area (TPSA) is 115 Å². The molecule has 2 aromatic carbocycles. The maximum atomic E-state index is 11.6. The molecule has 8 heteroatoms. The molecule has 0 bridgehead atoms. The average Bonchev–Trinajstić information content (AvgIpc) is 2.47. The lowest BCUT2D eigenvalue weighted by Gasteiger charge is -2.10. The van der Waals surface area contributed by atoms with Gasteiger partial charge in [0, 0.05) is 18.7 Å². The van der Waals surface area contributed by atoms with Gasteiger partial charge in [0.25, 0.3) is 5.69 Å². The van der Waals surface area contributed by atoms with Crippen molar-refractivity contribution in [3.8, 4) is 0 Å². The Kier molecular flexibility index (Phi) is 4.74. The first-order valence-electron chi connectivity index (χ1n) is 6.47. The molecule has 2 aromatic rings. The third-order valence-corrected chi connectivity index (χ3v) is 4.01. The number of sulfonamides is 1. The summed E-state index contributed by atoms with van der Waals surface area (Å²) in [5.74, 6) is 0. The van der Waals surface area contributed by atoms with E-state index in [4.69, 9.17) is 5.14 Å². The van der Waals surface area contributed by atoms with Crippen molar-refractivity contribution in [3.63, 3.8) is 0 Å². The SMILES string of the molecule is NS(=O)(=O)c1cc([N+](=O)[O-])ccc1NCCc1ccccc1. The van der Waals surface area contributed by atoms with Crippen LogP contribution in [0.3, 0.4) is 0 Å². The number of non-ortho nitro benzene ring substituents is 1. The molecule has 22 heavy (non-hydrogen) atoms. The quantitative estimate of drug-likeness (QED) is 0.622. The van der Waals surface area contributed by atoms with Gasteiger partial charge in [-0.15, -0.1) is 0 Å². The Balaban J connectivity index is 2.18. The van der Waals surface area contributed by atoms with Crippen LogP contribution in [-0.4, -0.2) is 19.9 Å². The Morgan fingerprint density at radius 1 is 1.14 bits per heavy atom. The van der Waals surface area contributed by atoms with Crippen molar-refractivity contribution >= 4 is 21.4 Å². The van der Waals surface area contributed by atoms with Crippen molar-refractivity contribution in [1.82, 2.24) is 0 Å². The molecule has 0 spiro atoms. The third kappa shape index (κ3) is 4.03. The Morgan fingerprint density at radius 3 is 2.41 bits per heavy atom. The number of nitro groups is 1. The molecule has 0 heterocycles. The van der Waals surface area contributed by atoms with Crippen molar-refractivity contribution in [3.05, 3.63) is 64.2 Å². The minimum atomic E-state index is -4.05. The van der Waals surface area contributed by atoms with Gasteiger partial charge in [0.05, 0.1) is 10.6 Å². The standard InChI is InChI=1S/C14H15N3O4S/c15-22(20,21)14-10-12(17(18)19)6-7-13(14)16-9-8-11-4-2-1-3-5-11/h1-7,10,16H,8-9H2,(H2,15,20,21). The van der Waals surface area contributed by atoms with Crippen molar-refractivity contribution in [2.75, 3.05) is 11.9 Å². The van der Waals surface area contributed by atoms with Gasteiger partial charge in [-0.25, -0.2) is 13.6 Å². The van der Waals surface area contributed by atoms with Gasteiger partial charge in [-0.05, 0) is 18.1 Å². The minimum Gasteiger partial charge on any atom is -0.384 e. The lowest BCUT2D eigenvalue weighted by atomic mass is 10.1. The molecule has 116 valence electrons. The van der Waals surface area contributed by atoms with Crippen LogP contribution in [0, 0.1) is 10.1 Å². The first kappa shape index (κ1) is 15.9. The van der Waals surface area contributed by atoms with Crippen molar-refractivity contribution in [2.45, 2.75) is 11.3 Å². The second-order valence-corrected chi connectivity index (χ2v) is 6.17. The molecule has 0 aromatic heterocycles. The molecule has 0 saturated carbocycles. The number of nitrogens with zero attached hydrogens (tertiary/aromatic N) is 1. The number of anilines is 1. The van der Waals surface area contributed by atoms with E-state index in [2.05, 4.69) is 5.32 Å². The number of primary sulfonamides is 1. The second kappa shape index (κ2) is 6.54. The van der Waals surface area contributed by atoms with Crippen molar-refractivity contribution < 1.29 is 13.3 Å². The smallest absolute Gasteiger partial charge is 0.270 e. The molecular formula is C14H15N3O4S. The number of nitrogens with one attached hydrogen (secondary N) is 1. The lowest BCUT2D eigenvalue weighted by molar-refractivity contribution is -0.385. The van der Waals surface area contributed by atoms with E-state index in [9.17, 15) is 18.5 Å². The van der Waals surface area contributed by atoms with Gasteiger partial charge in [0.2, 0.25) is 10.0 Å². The summed E-state index contributed by atoms with van der Waals surface area (Å²) in [4.78, 5) is 9.79. The molecule has 0 unspecified atom stereocenters. The van der Waals surface area contributed by atoms with Crippen LogP contribution < -0.4 is 10.5 Å². The second-order valence-electron chi connectivity index (χ2n) is 4.64. The van der Waals surface area contributed by atoms with Crippen molar-refractivity contribution in [1.29, 1.82) is 0 Å². The highest BCUT2D eigenvalue weighted by Crippen LogP contribution is 2.25. The van der Waals surface area contributed by atoms with Crippen LogP contribution >= 0.6 is 0 Å². The van der Waals surface area contributed by atoms with Crippen LogP contribution in [0.2, 0.25) is 0 Å². The number of hydrogen-bond acceptors (Lipinski definition) is 5. The third-order valence-electron chi connectivity index (χ3n) is 3.05. The fourth-order valence-electron chi connectivity index (χ4n) is 1.99. The minimum absolute atomic E-state index is 0.254. The van der Waals surface area contributed by atoms with E-state index >= 15 is 0 Å². The lowest BCUT2D eigenvalue weighted by Crippen LogP contribution is -2.16. The van der Waals surface area contributed by atoms with E-state index < -0.39 is 14.9 Å². The summed E-state index contributed by atoms with van der Waals surface area (Å²) in [7, 11) is -4.05. The monoisotopic (exact) mass is 321 g/mol.